The minimum Gasteiger partial charge on any atom is -0.338 e. The average Bonchev–Trinajstić information content (AvgIpc) is 3.35. The van der Waals surface area contributed by atoms with Crippen molar-refractivity contribution in [1.29, 1.82) is 0 Å². The van der Waals surface area contributed by atoms with Crippen molar-refractivity contribution in [3.05, 3.63) is 60.4 Å². The van der Waals surface area contributed by atoms with Gasteiger partial charge in [0, 0.05) is 42.1 Å². The van der Waals surface area contributed by atoms with Crippen LogP contribution < -0.4 is 0 Å². The number of H-pyrrole nitrogens is 1. The fourth-order valence-electron chi connectivity index (χ4n) is 3.23. The van der Waals surface area contributed by atoms with Gasteiger partial charge in [-0.25, -0.2) is 0 Å². The Bertz CT molecular complexity index is 811. The minimum atomic E-state index is 0.0640. The molecule has 1 aromatic carbocycles. The molecule has 7 heteroatoms. The van der Waals surface area contributed by atoms with E-state index in [0.717, 1.165) is 37.3 Å². The largest absolute Gasteiger partial charge is 0.338 e. The number of aromatic nitrogens is 5. The number of nitrogens with zero attached hydrogens (tertiary/aromatic N) is 5. The highest BCUT2D eigenvalue weighted by Crippen LogP contribution is 2.26. The number of amides is 1. The van der Waals surface area contributed by atoms with Crippen LogP contribution in [0.5, 0.6) is 0 Å². The molecule has 1 N–H and O–H groups in total. The van der Waals surface area contributed by atoms with Crippen LogP contribution in [-0.4, -0.2) is 48.9 Å². The summed E-state index contributed by atoms with van der Waals surface area (Å²) in [6.45, 7) is 1.51. The summed E-state index contributed by atoms with van der Waals surface area (Å²) in [7, 11) is 0. The third-order valence-electron chi connectivity index (χ3n) is 4.48. The Balaban J connectivity index is 1.54. The van der Waals surface area contributed by atoms with Crippen LogP contribution in [0, 0.1) is 0 Å². The second-order valence-electron chi connectivity index (χ2n) is 6.02. The van der Waals surface area contributed by atoms with Crippen LogP contribution in [0.2, 0.25) is 0 Å². The van der Waals surface area contributed by atoms with Crippen molar-refractivity contribution >= 4 is 5.91 Å². The molecule has 1 atom stereocenters. The van der Waals surface area contributed by atoms with Gasteiger partial charge in [0.25, 0.3) is 5.91 Å². The molecule has 2 aromatic heterocycles. The van der Waals surface area contributed by atoms with Gasteiger partial charge in [-0.3, -0.25) is 14.5 Å². The third kappa shape index (κ3) is 2.80. The Labute approximate surface area is 139 Å². The van der Waals surface area contributed by atoms with Crippen molar-refractivity contribution in [3.63, 3.8) is 0 Å². The van der Waals surface area contributed by atoms with Gasteiger partial charge in [0.1, 0.15) is 12.7 Å². The summed E-state index contributed by atoms with van der Waals surface area (Å²) in [6.07, 6.45) is 7.09. The summed E-state index contributed by atoms with van der Waals surface area (Å²) >= 11 is 0. The quantitative estimate of drug-likeness (QED) is 0.800. The summed E-state index contributed by atoms with van der Waals surface area (Å²) in [4.78, 5) is 14.8. The molecule has 24 heavy (non-hydrogen) atoms. The minimum absolute atomic E-state index is 0.0640. The van der Waals surface area contributed by atoms with E-state index >= 15 is 0 Å². The van der Waals surface area contributed by atoms with Crippen molar-refractivity contribution in [2.24, 2.45) is 0 Å². The number of piperidine rings is 1. The lowest BCUT2D eigenvalue weighted by Gasteiger charge is -2.32. The van der Waals surface area contributed by atoms with Crippen molar-refractivity contribution < 1.29 is 4.79 Å². The summed E-state index contributed by atoms with van der Waals surface area (Å²) < 4.78 is 1.79. The first-order valence-electron chi connectivity index (χ1n) is 8.05. The number of benzene rings is 1. The van der Waals surface area contributed by atoms with Gasteiger partial charge in [-0.2, -0.15) is 5.10 Å². The van der Waals surface area contributed by atoms with E-state index in [4.69, 9.17) is 0 Å². The lowest BCUT2D eigenvalue weighted by molar-refractivity contribution is 0.0706. The lowest BCUT2D eigenvalue weighted by Crippen LogP contribution is -2.39. The molecule has 1 fully saturated rings. The maximum atomic E-state index is 12.9. The topological polar surface area (TPSA) is 79.7 Å². The zero-order chi connectivity index (χ0) is 16.4. The molecule has 4 rings (SSSR count). The molecule has 3 heterocycles. The molecule has 1 aliphatic rings. The third-order valence-corrected chi connectivity index (χ3v) is 4.48. The van der Waals surface area contributed by atoms with Crippen LogP contribution in [0.15, 0.2) is 49.2 Å². The number of rotatable bonds is 3. The van der Waals surface area contributed by atoms with Crippen LogP contribution >= 0.6 is 0 Å². The average molecular weight is 322 g/mol. The Kier molecular flexibility index (Phi) is 3.82. The molecule has 1 saturated heterocycles. The highest BCUT2D eigenvalue weighted by atomic mass is 16.2. The van der Waals surface area contributed by atoms with Gasteiger partial charge in [-0.15, -0.1) is 10.2 Å². The first-order valence-corrected chi connectivity index (χ1v) is 8.05. The fraction of sp³-hybridized carbons (Fsp3) is 0.294. The van der Waals surface area contributed by atoms with Crippen molar-refractivity contribution in [2.45, 2.75) is 18.8 Å². The molecule has 0 aliphatic carbocycles. The van der Waals surface area contributed by atoms with Crippen molar-refractivity contribution in [2.75, 3.05) is 13.1 Å². The molecule has 3 aromatic rings. The van der Waals surface area contributed by atoms with Crippen LogP contribution in [0.25, 0.3) is 5.69 Å². The number of aromatic amines is 1. The highest BCUT2D eigenvalue weighted by Gasteiger charge is 2.26. The smallest absolute Gasteiger partial charge is 0.253 e. The summed E-state index contributed by atoms with van der Waals surface area (Å²) in [6, 6.07) is 9.55. The van der Waals surface area contributed by atoms with E-state index in [0.29, 0.717) is 11.5 Å². The first kappa shape index (κ1) is 14.6. The Morgan fingerprint density at radius 3 is 2.88 bits per heavy atom. The maximum Gasteiger partial charge on any atom is 0.253 e. The van der Waals surface area contributed by atoms with E-state index in [1.54, 1.807) is 23.4 Å². The predicted molar refractivity (Wildman–Crippen MR) is 87.8 cm³/mol. The number of nitrogens with one attached hydrogen (secondary N) is 1. The molecule has 0 bridgehead atoms. The van der Waals surface area contributed by atoms with Gasteiger partial charge in [0.05, 0.1) is 0 Å². The molecular weight excluding hydrogens is 304 g/mol. The van der Waals surface area contributed by atoms with E-state index in [1.165, 1.54) is 0 Å². The lowest BCUT2D eigenvalue weighted by atomic mass is 9.94. The SMILES string of the molecule is O=C(c1cccc(-n2cnnc2)c1)N1CCC[C@@H](c2ccn[nH]2)C1. The van der Waals surface area contributed by atoms with Gasteiger partial charge >= 0.3 is 0 Å². The molecule has 0 spiro atoms. The van der Waals surface area contributed by atoms with Crippen LogP contribution in [0.4, 0.5) is 0 Å². The number of carbonyl (C=O) groups is 1. The highest BCUT2D eigenvalue weighted by molar-refractivity contribution is 5.94. The molecule has 1 aliphatic heterocycles. The normalized spacial score (nSPS) is 17.8. The summed E-state index contributed by atoms with van der Waals surface area (Å²) in [5, 5.41) is 14.7. The van der Waals surface area contributed by atoms with Gasteiger partial charge < -0.3 is 4.90 Å². The first-order chi connectivity index (χ1) is 11.8. The number of hydrogen-bond donors (Lipinski definition) is 1. The number of likely N-dealkylation sites (tertiary alicyclic amines) is 1. The number of hydrogen-bond acceptors (Lipinski definition) is 4. The standard InChI is InChI=1S/C17H18N6O/c24-17(13-3-1-5-15(9-13)23-11-19-20-12-23)22-8-2-4-14(10-22)16-6-7-18-21-16/h1,3,5-7,9,11-12,14H,2,4,8,10H2,(H,18,21)/t14-/m1/s1. The van der Waals surface area contributed by atoms with Crippen molar-refractivity contribution in [1.82, 2.24) is 29.9 Å². The second-order valence-corrected chi connectivity index (χ2v) is 6.02. The van der Waals surface area contributed by atoms with Crippen molar-refractivity contribution in [3.8, 4) is 5.69 Å². The van der Waals surface area contributed by atoms with Gasteiger partial charge in [0.15, 0.2) is 0 Å². The zero-order valence-electron chi connectivity index (χ0n) is 13.2. The monoisotopic (exact) mass is 322 g/mol. The van der Waals surface area contributed by atoms with E-state index < -0.39 is 0 Å². The second kappa shape index (κ2) is 6.27. The molecule has 122 valence electrons. The maximum absolute atomic E-state index is 12.9. The molecule has 1 amide bonds. The fourth-order valence-corrected chi connectivity index (χ4v) is 3.23. The van der Waals surface area contributed by atoms with Crippen LogP contribution in [-0.2, 0) is 0 Å². The van der Waals surface area contributed by atoms with E-state index in [1.807, 2.05) is 35.2 Å². The molecular formula is C17H18N6O. The van der Waals surface area contributed by atoms with E-state index in [2.05, 4.69) is 20.4 Å². The van der Waals surface area contributed by atoms with Gasteiger partial charge in [0.2, 0.25) is 0 Å². The van der Waals surface area contributed by atoms with E-state index in [9.17, 15) is 4.79 Å². The van der Waals surface area contributed by atoms with Crippen LogP contribution in [0.3, 0.4) is 0 Å². The molecule has 0 saturated carbocycles. The Morgan fingerprint density at radius 2 is 2.08 bits per heavy atom. The number of carbonyl (C=O) groups excluding carboxylic acids is 1. The van der Waals surface area contributed by atoms with Gasteiger partial charge in [-0.1, -0.05) is 6.07 Å². The molecule has 0 unspecified atom stereocenters. The Hall–Kier alpha value is -2.96. The predicted octanol–water partition coefficient (Wildman–Crippen LogP) is 2.01. The Morgan fingerprint density at radius 1 is 1.21 bits per heavy atom. The van der Waals surface area contributed by atoms with Crippen LogP contribution in [0.1, 0.15) is 34.8 Å². The zero-order valence-corrected chi connectivity index (χ0v) is 13.2. The summed E-state index contributed by atoms with van der Waals surface area (Å²) in [5.41, 5.74) is 2.67. The molecule has 7 nitrogen and oxygen atoms in total. The molecule has 0 radical (unpaired) electrons. The van der Waals surface area contributed by atoms with E-state index in [-0.39, 0.29) is 5.91 Å². The summed E-state index contributed by atoms with van der Waals surface area (Å²) in [5.74, 6) is 0.389. The van der Waals surface area contributed by atoms with Gasteiger partial charge in [-0.05, 0) is 37.1 Å².